The van der Waals surface area contributed by atoms with Gasteiger partial charge in [0.05, 0.1) is 6.54 Å². The van der Waals surface area contributed by atoms with E-state index in [-0.39, 0.29) is 5.82 Å². The van der Waals surface area contributed by atoms with Crippen LogP contribution in [-0.4, -0.2) is 29.8 Å². The minimum absolute atomic E-state index is 0.183. The molecule has 3 nitrogen and oxygen atoms in total. The fourth-order valence-electron chi connectivity index (χ4n) is 3.06. The molecule has 1 heterocycles. The van der Waals surface area contributed by atoms with Gasteiger partial charge in [0, 0.05) is 24.2 Å². The van der Waals surface area contributed by atoms with Crippen molar-refractivity contribution >= 4 is 23.0 Å². The second-order valence-electron chi connectivity index (χ2n) is 6.32. The van der Waals surface area contributed by atoms with E-state index < -0.39 is 0 Å². The summed E-state index contributed by atoms with van der Waals surface area (Å²) in [5.74, 6) is -0.183. The Morgan fingerprint density at radius 1 is 1.21 bits per heavy atom. The molecule has 126 valence electrons. The van der Waals surface area contributed by atoms with Gasteiger partial charge in [0.1, 0.15) is 12.4 Å². The fraction of sp³-hybridized carbons (Fsp3) is 0.316. The Labute approximate surface area is 148 Å². The molecule has 1 atom stereocenters. The molecule has 1 aliphatic heterocycles. The molecule has 1 unspecified atom stereocenters. The van der Waals surface area contributed by atoms with E-state index in [0.717, 1.165) is 49.1 Å². The smallest absolute Gasteiger partial charge is 0.177 e. The third kappa shape index (κ3) is 4.30. The highest BCUT2D eigenvalue weighted by Crippen LogP contribution is 2.14. The van der Waals surface area contributed by atoms with Gasteiger partial charge >= 0.3 is 0 Å². The molecule has 0 aromatic heterocycles. The summed E-state index contributed by atoms with van der Waals surface area (Å²) in [5, 5.41) is 4.14. The van der Waals surface area contributed by atoms with Gasteiger partial charge in [-0.3, -0.25) is 0 Å². The van der Waals surface area contributed by atoms with E-state index in [1.165, 1.54) is 22.6 Å². The van der Waals surface area contributed by atoms with E-state index in [2.05, 4.69) is 29.3 Å². The summed E-state index contributed by atoms with van der Waals surface area (Å²) in [6.07, 6.45) is 1.10. The molecule has 24 heavy (non-hydrogen) atoms. The maximum Gasteiger partial charge on any atom is 0.177 e. The molecule has 2 aromatic rings. The van der Waals surface area contributed by atoms with Crippen LogP contribution in [0.4, 0.5) is 10.1 Å². The van der Waals surface area contributed by atoms with Crippen molar-refractivity contribution < 1.29 is 9.29 Å². The average molecular weight is 344 g/mol. The van der Waals surface area contributed by atoms with Crippen LogP contribution in [0.3, 0.4) is 0 Å². The summed E-state index contributed by atoms with van der Waals surface area (Å²) in [6.45, 7) is 5.93. The Morgan fingerprint density at radius 3 is 2.71 bits per heavy atom. The van der Waals surface area contributed by atoms with Crippen LogP contribution in [-0.2, 0) is 6.54 Å². The molecule has 1 aliphatic rings. The molecule has 0 bridgehead atoms. The Balaban J connectivity index is 1.59. The highest BCUT2D eigenvalue weighted by molar-refractivity contribution is 7.80. The summed E-state index contributed by atoms with van der Waals surface area (Å²) in [6, 6.07) is 15.0. The fourth-order valence-corrected chi connectivity index (χ4v) is 3.33. The van der Waals surface area contributed by atoms with Crippen molar-refractivity contribution in [3.05, 3.63) is 65.5 Å². The van der Waals surface area contributed by atoms with Crippen LogP contribution in [0.2, 0.25) is 0 Å². The van der Waals surface area contributed by atoms with Gasteiger partial charge in [-0.1, -0.05) is 30.3 Å². The third-order valence-electron chi connectivity index (χ3n) is 4.41. The van der Waals surface area contributed by atoms with Crippen molar-refractivity contribution in [1.29, 1.82) is 0 Å². The van der Waals surface area contributed by atoms with E-state index in [1.807, 2.05) is 24.3 Å². The van der Waals surface area contributed by atoms with Crippen molar-refractivity contribution in [2.45, 2.75) is 19.9 Å². The number of quaternary nitrogens is 1. The van der Waals surface area contributed by atoms with Gasteiger partial charge in [-0.15, -0.1) is 0 Å². The summed E-state index contributed by atoms with van der Waals surface area (Å²) in [7, 11) is 0. The summed E-state index contributed by atoms with van der Waals surface area (Å²) < 4.78 is 13.0. The largest absolute Gasteiger partial charge is 0.332 e. The number of thiocarbonyl (C=S) groups is 1. The monoisotopic (exact) mass is 344 g/mol. The summed E-state index contributed by atoms with van der Waals surface area (Å²) in [5.41, 5.74) is 3.41. The molecule has 3 rings (SSSR count). The molecular weight excluding hydrogens is 321 g/mol. The topological polar surface area (TPSA) is 19.7 Å². The predicted molar refractivity (Wildman–Crippen MR) is 99.5 cm³/mol. The number of anilines is 1. The highest BCUT2D eigenvalue weighted by Gasteiger charge is 2.22. The van der Waals surface area contributed by atoms with Gasteiger partial charge in [-0.2, -0.15) is 0 Å². The second kappa shape index (κ2) is 7.73. The number of nitrogens with one attached hydrogen (secondary N) is 2. The van der Waals surface area contributed by atoms with Crippen LogP contribution in [0.1, 0.15) is 17.5 Å². The molecular formula is C19H23FN3S+. The minimum Gasteiger partial charge on any atom is -0.332 e. The molecule has 5 heteroatoms. The molecule has 0 saturated carbocycles. The van der Waals surface area contributed by atoms with E-state index in [1.54, 1.807) is 0 Å². The van der Waals surface area contributed by atoms with Crippen LogP contribution in [0.15, 0.2) is 48.5 Å². The zero-order chi connectivity index (χ0) is 16.9. The molecule has 2 N–H and O–H groups in total. The molecule has 0 aliphatic carbocycles. The van der Waals surface area contributed by atoms with Gasteiger partial charge in [0.2, 0.25) is 0 Å². The lowest BCUT2D eigenvalue weighted by atomic mass is 10.2. The van der Waals surface area contributed by atoms with Crippen LogP contribution < -0.4 is 10.2 Å². The Bertz CT molecular complexity index is 702. The summed E-state index contributed by atoms with van der Waals surface area (Å²) >= 11 is 5.60. The van der Waals surface area contributed by atoms with Crippen molar-refractivity contribution in [3.63, 3.8) is 0 Å². The number of hydrogen-bond donors (Lipinski definition) is 2. The minimum atomic E-state index is -0.183. The SMILES string of the molecule is Cc1ccccc1NC(=S)N1CCC[NH+](Cc2ccc(F)cc2)C1. The van der Waals surface area contributed by atoms with Crippen LogP contribution in [0.25, 0.3) is 0 Å². The van der Waals surface area contributed by atoms with Gasteiger partial charge in [-0.05, 0) is 42.9 Å². The lowest BCUT2D eigenvalue weighted by Gasteiger charge is -2.34. The van der Waals surface area contributed by atoms with Crippen molar-refractivity contribution in [2.75, 3.05) is 25.1 Å². The van der Waals surface area contributed by atoms with Crippen molar-refractivity contribution in [2.24, 2.45) is 0 Å². The quantitative estimate of drug-likeness (QED) is 0.835. The van der Waals surface area contributed by atoms with Gasteiger partial charge in [-0.25, -0.2) is 4.39 Å². The van der Waals surface area contributed by atoms with Gasteiger partial charge in [0.25, 0.3) is 0 Å². The number of para-hydroxylation sites is 1. The number of benzene rings is 2. The van der Waals surface area contributed by atoms with Gasteiger partial charge in [0.15, 0.2) is 11.8 Å². The first-order valence-corrected chi connectivity index (χ1v) is 8.72. The van der Waals surface area contributed by atoms with E-state index in [4.69, 9.17) is 12.2 Å². The molecule has 1 saturated heterocycles. The Morgan fingerprint density at radius 2 is 1.96 bits per heavy atom. The van der Waals surface area contributed by atoms with E-state index >= 15 is 0 Å². The molecule has 0 spiro atoms. The highest BCUT2D eigenvalue weighted by atomic mass is 32.1. The van der Waals surface area contributed by atoms with Gasteiger partial charge < -0.3 is 15.1 Å². The second-order valence-corrected chi connectivity index (χ2v) is 6.71. The lowest BCUT2D eigenvalue weighted by Crippen LogP contribution is -3.13. The van der Waals surface area contributed by atoms with E-state index in [9.17, 15) is 4.39 Å². The lowest BCUT2D eigenvalue weighted by molar-refractivity contribution is -0.927. The Kier molecular flexibility index (Phi) is 5.43. The van der Waals surface area contributed by atoms with Crippen LogP contribution >= 0.6 is 12.2 Å². The third-order valence-corrected chi connectivity index (χ3v) is 4.77. The van der Waals surface area contributed by atoms with Crippen LogP contribution in [0.5, 0.6) is 0 Å². The van der Waals surface area contributed by atoms with E-state index in [0.29, 0.717) is 0 Å². The standard InChI is InChI=1S/C19H22FN3S/c1-15-5-2-3-6-18(15)21-19(24)23-12-4-11-22(14-23)13-16-7-9-17(20)10-8-16/h2-3,5-10H,4,11-14H2,1H3,(H,21,24)/p+1. The average Bonchev–Trinajstić information content (AvgIpc) is 2.59. The Hall–Kier alpha value is -1.98. The zero-order valence-electron chi connectivity index (χ0n) is 13.9. The molecule has 0 amide bonds. The van der Waals surface area contributed by atoms with Crippen LogP contribution in [0, 0.1) is 12.7 Å². The number of nitrogens with zero attached hydrogens (tertiary/aromatic N) is 1. The number of rotatable bonds is 3. The molecule has 2 aromatic carbocycles. The number of halogens is 1. The van der Waals surface area contributed by atoms with Crippen molar-refractivity contribution in [3.8, 4) is 0 Å². The first kappa shape index (κ1) is 16.9. The maximum absolute atomic E-state index is 13.0. The predicted octanol–water partition coefficient (Wildman–Crippen LogP) is 2.58. The zero-order valence-corrected chi connectivity index (χ0v) is 14.7. The maximum atomic E-state index is 13.0. The first-order valence-electron chi connectivity index (χ1n) is 8.31. The first-order chi connectivity index (χ1) is 11.6. The number of aryl methyl sites for hydroxylation is 1. The molecule has 0 radical (unpaired) electrons. The molecule has 1 fully saturated rings. The normalized spacial score (nSPS) is 17.6. The van der Waals surface area contributed by atoms with Crippen molar-refractivity contribution in [1.82, 2.24) is 4.90 Å². The summed E-state index contributed by atoms with van der Waals surface area (Å²) in [4.78, 5) is 3.67. The number of hydrogen-bond acceptors (Lipinski definition) is 1.